The number of Topliss-reactive ketones (excluding diaryl/α,β-unsaturated/α-hetero) is 2. The van der Waals surface area contributed by atoms with Gasteiger partial charge in [0, 0.05) is 6.42 Å². The minimum Gasteiger partial charge on any atom is -0.339 e. The summed E-state index contributed by atoms with van der Waals surface area (Å²) in [5.41, 5.74) is 2.85. The number of hydrogen-bond acceptors (Lipinski definition) is 5. The van der Waals surface area contributed by atoms with Crippen LogP contribution in [0.1, 0.15) is 27.2 Å². The van der Waals surface area contributed by atoms with E-state index < -0.39 is 23.8 Å². The molecular formula is C16H18O5. The highest BCUT2D eigenvalue weighted by molar-refractivity contribution is 6.27. The largest absolute Gasteiger partial charge is 0.339 e. The number of hydrogen-bond donors (Lipinski definition) is 0. The first-order chi connectivity index (χ1) is 9.82. The molecule has 112 valence electrons. The van der Waals surface area contributed by atoms with Gasteiger partial charge in [0.1, 0.15) is 12.2 Å². The van der Waals surface area contributed by atoms with Gasteiger partial charge < -0.3 is 9.47 Å². The minimum absolute atomic E-state index is 0.107. The fourth-order valence-electron chi connectivity index (χ4n) is 2.18. The lowest BCUT2D eigenvalue weighted by Crippen LogP contribution is -2.49. The fourth-order valence-corrected chi connectivity index (χ4v) is 2.18. The molecule has 0 saturated carbocycles. The van der Waals surface area contributed by atoms with Crippen LogP contribution in [0.25, 0.3) is 11.1 Å². The molecule has 1 fully saturated rings. The number of ether oxygens (including phenoxy) is 2. The lowest BCUT2D eigenvalue weighted by atomic mass is 10.0. The van der Waals surface area contributed by atoms with Crippen LogP contribution in [0.5, 0.6) is 0 Å². The van der Waals surface area contributed by atoms with Crippen molar-refractivity contribution in [2.45, 2.75) is 45.2 Å². The summed E-state index contributed by atoms with van der Waals surface area (Å²) in [6, 6.07) is 8.48. The molecule has 0 aromatic heterocycles. The molecule has 2 aliphatic carbocycles. The molecule has 1 saturated heterocycles. The van der Waals surface area contributed by atoms with Crippen LogP contribution < -0.4 is 0 Å². The topological polar surface area (TPSA) is 69.7 Å². The molecule has 21 heavy (non-hydrogen) atoms. The maximum atomic E-state index is 11.2. The van der Waals surface area contributed by atoms with E-state index in [0.717, 1.165) is 0 Å². The van der Waals surface area contributed by atoms with E-state index in [0.29, 0.717) is 0 Å². The van der Waals surface area contributed by atoms with Crippen molar-refractivity contribution < 1.29 is 23.9 Å². The molecule has 0 amide bonds. The number of carbonyl (C=O) groups excluding carboxylic acids is 3. The van der Waals surface area contributed by atoms with Crippen LogP contribution in [0.15, 0.2) is 24.3 Å². The van der Waals surface area contributed by atoms with Gasteiger partial charge in [-0.1, -0.05) is 18.2 Å². The lowest BCUT2D eigenvalue weighted by molar-refractivity contribution is -0.285. The third-order valence-corrected chi connectivity index (χ3v) is 3.28. The molecule has 0 aromatic carbocycles. The van der Waals surface area contributed by atoms with Crippen LogP contribution in [-0.2, 0) is 23.9 Å². The van der Waals surface area contributed by atoms with Gasteiger partial charge in [0.15, 0.2) is 17.9 Å². The minimum atomic E-state index is -1.02. The van der Waals surface area contributed by atoms with Gasteiger partial charge in [0.25, 0.3) is 0 Å². The maximum absolute atomic E-state index is 11.2. The molecule has 5 nitrogen and oxygen atoms in total. The lowest BCUT2D eigenvalue weighted by Gasteiger charge is -2.38. The van der Waals surface area contributed by atoms with E-state index >= 15 is 0 Å². The van der Waals surface area contributed by atoms with Crippen molar-refractivity contribution in [3.05, 3.63) is 24.3 Å². The average Bonchev–Trinajstić information content (AvgIpc) is 3.03. The smallest absolute Gasteiger partial charge is 0.224 e. The predicted octanol–water partition coefficient (Wildman–Crippen LogP) is 1.92. The molecule has 2 atom stereocenters. The molecule has 3 aliphatic rings. The van der Waals surface area contributed by atoms with Crippen molar-refractivity contribution >= 4 is 17.9 Å². The van der Waals surface area contributed by atoms with E-state index in [1.54, 1.807) is 13.8 Å². The van der Waals surface area contributed by atoms with Crippen LogP contribution in [-0.4, -0.2) is 35.8 Å². The van der Waals surface area contributed by atoms with Crippen molar-refractivity contribution in [2.75, 3.05) is 0 Å². The Kier molecular flexibility index (Phi) is 4.34. The first-order valence-electron chi connectivity index (χ1n) is 6.78. The van der Waals surface area contributed by atoms with E-state index in [4.69, 9.17) is 9.47 Å². The van der Waals surface area contributed by atoms with E-state index in [1.165, 1.54) is 18.1 Å². The monoisotopic (exact) mass is 290 g/mol. The first-order valence-corrected chi connectivity index (χ1v) is 6.78. The van der Waals surface area contributed by atoms with Crippen molar-refractivity contribution in [2.24, 2.45) is 0 Å². The van der Waals surface area contributed by atoms with Gasteiger partial charge in [-0.05, 0) is 38.0 Å². The summed E-state index contributed by atoms with van der Waals surface area (Å²) >= 11 is 0. The Morgan fingerprint density at radius 2 is 1.76 bits per heavy atom. The second-order valence-corrected chi connectivity index (χ2v) is 5.56. The Labute approximate surface area is 123 Å². The molecule has 0 aromatic rings. The van der Waals surface area contributed by atoms with Crippen molar-refractivity contribution in [3.8, 4) is 11.1 Å². The normalized spacial score (nSPS) is 24.3. The SMILES string of the molecule is CC(=O)C1CC(C(=O)C=O)OC(C)(C)O1.c1cc2cc-2c1. The quantitative estimate of drug-likeness (QED) is 0.638. The van der Waals surface area contributed by atoms with Crippen LogP contribution in [0.2, 0.25) is 0 Å². The summed E-state index contributed by atoms with van der Waals surface area (Å²) in [7, 11) is 0. The van der Waals surface area contributed by atoms with Crippen LogP contribution >= 0.6 is 0 Å². The van der Waals surface area contributed by atoms with Gasteiger partial charge in [-0.3, -0.25) is 14.4 Å². The Hall–Kier alpha value is -1.85. The Morgan fingerprint density at radius 3 is 2.14 bits per heavy atom. The fraction of sp³-hybridized carbons (Fsp3) is 0.438. The summed E-state index contributed by atoms with van der Waals surface area (Å²) in [5.74, 6) is -1.84. The number of carbonyl (C=O) groups is 3. The van der Waals surface area contributed by atoms with Gasteiger partial charge >= 0.3 is 0 Å². The van der Waals surface area contributed by atoms with Crippen molar-refractivity contribution in [1.29, 1.82) is 0 Å². The highest BCUT2D eigenvalue weighted by Crippen LogP contribution is 2.32. The molecule has 1 aliphatic heterocycles. The van der Waals surface area contributed by atoms with E-state index in [-0.39, 0.29) is 18.5 Å². The zero-order valence-electron chi connectivity index (χ0n) is 12.3. The highest BCUT2D eigenvalue weighted by atomic mass is 16.7. The number of fused-ring (bicyclic) bond motifs is 1. The zero-order chi connectivity index (χ0) is 15.6. The molecule has 5 heteroatoms. The second-order valence-electron chi connectivity index (χ2n) is 5.56. The molecule has 0 radical (unpaired) electrons. The third-order valence-electron chi connectivity index (χ3n) is 3.28. The molecule has 1 heterocycles. The van der Waals surface area contributed by atoms with Gasteiger partial charge in [-0.25, -0.2) is 0 Å². The standard InChI is InChI=1S/C10H14O5.C6H4/c1-6(12)8-4-9(7(13)5-11)15-10(2,3)14-8;1-2-5-4-6(5)3-1/h5,8-9H,4H2,1-3H3;1-4H. The van der Waals surface area contributed by atoms with Gasteiger partial charge in [-0.2, -0.15) is 0 Å². The number of ketones is 2. The van der Waals surface area contributed by atoms with Gasteiger partial charge in [0.2, 0.25) is 5.78 Å². The summed E-state index contributed by atoms with van der Waals surface area (Å²) in [6.07, 6.45) is -1.23. The summed E-state index contributed by atoms with van der Waals surface area (Å²) < 4.78 is 10.6. The van der Waals surface area contributed by atoms with E-state index in [9.17, 15) is 14.4 Å². The van der Waals surface area contributed by atoms with E-state index in [2.05, 4.69) is 24.3 Å². The number of aldehydes is 1. The summed E-state index contributed by atoms with van der Waals surface area (Å²) in [6.45, 7) is 4.59. The molecule has 0 bridgehead atoms. The Bertz CT molecular complexity index is 559. The maximum Gasteiger partial charge on any atom is 0.224 e. The third kappa shape index (κ3) is 4.06. The van der Waals surface area contributed by atoms with Crippen LogP contribution in [0.3, 0.4) is 0 Å². The Morgan fingerprint density at radius 1 is 1.19 bits per heavy atom. The van der Waals surface area contributed by atoms with Crippen molar-refractivity contribution in [1.82, 2.24) is 0 Å². The molecule has 0 spiro atoms. The Balaban J connectivity index is 0.000000218. The van der Waals surface area contributed by atoms with Crippen LogP contribution in [0.4, 0.5) is 0 Å². The first kappa shape index (κ1) is 15.5. The molecule has 3 rings (SSSR count). The van der Waals surface area contributed by atoms with Crippen molar-refractivity contribution in [3.63, 3.8) is 0 Å². The van der Waals surface area contributed by atoms with Gasteiger partial charge in [0.05, 0.1) is 0 Å². The molecule has 2 unspecified atom stereocenters. The highest BCUT2D eigenvalue weighted by Gasteiger charge is 2.40. The second kappa shape index (κ2) is 5.87. The van der Waals surface area contributed by atoms with Crippen LogP contribution in [0, 0.1) is 0 Å². The number of rotatable bonds is 3. The molecular weight excluding hydrogens is 272 g/mol. The summed E-state index contributed by atoms with van der Waals surface area (Å²) in [5, 5.41) is 0. The van der Waals surface area contributed by atoms with Gasteiger partial charge in [-0.15, -0.1) is 0 Å². The predicted molar refractivity (Wildman–Crippen MR) is 75.6 cm³/mol. The average molecular weight is 290 g/mol. The van der Waals surface area contributed by atoms with E-state index in [1.807, 2.05) is 0 Å². The summed E-state index contributed by atoms with van der Waals surface area (Å²) in [4.78, 5) is 32.7. The zero-order valence-corrected chi connectivity index (χ0v) is 12.3. The molecule has 0 N–H and O–H groups in total. The number of benzene rings is 1.